The van der Waals surface area contributed by atoms with Gasteiger partial charge in [-0.3, -0.25) is 23.7 Å². The number of rotatable bonds is 9. The fraction of sp³-hybridized carbons (Fsp3) is 0.538. The molecule has 3 aromatic rings. The molecule has 1 aliphatic heterocycles. The van der Waals surface area contributed by atoms with Crippen molar-refractivity contribution in [2.45, 2.75) is 87.0 Å². The van der Waals surface area contributed by atoms with Crippen LogP contribution in [-0.4, -0.2) is 65.4 Å². The molecule has 6 rings (SSSR count). The Kier molecular flexibility index (Phi) is 7.35. The Morgan fingerprint density at radius 1 is 1.31 bits per heavy atom. The number of para-hydroxylation sites is 1. The van der Waals surface area contributed by atoms with Gasteiger partial charge in [0.25, 0.3) is 5.56 Å². The van der Waals surface area contributed by atoms with Crippen LogP contribution in [0.5, 0.6) is 5.75 Å². The zero-order valence-corrected chi connectivity index (χ0v) is 24.6. The maximum atomic E-state index is 14.1. The number of aromatic amines is 1. The van der Waals surface area contributed by atoms with Gasteiger partial charge in [-0.05, 0) is 51.7 Å². The second-order valence-corrected chi connectivity index (χ2v) is 13.5. The van der Waals surface area contributed by atoms with Crippen molar-refractivity contribution >= 4 is 42.4 Å². The van der Waals surface area contributed by atoms with Gasteiger partial charge in [-0.25, -0.2) is 9.55 Å². The number of ether oxygens (including phenoxy) is 2. The third kappa shape index (κ3) is 4.99. The molecule has 0 spiro atoms. The molecule has 2 aliphatic carbocycles. The Balaban J connectivity index is 1.22. The Bertz CT molecular complexity index is 1590. The van der Waals surface area contributed by atoms with E-state index in [9.17, 15) is 19.3 Å². The molecule has 0 radical (unpaired) electrons. The molecule has 7 atom stereocenters. The summed E-state index contributed by atoms with van der Waals surface area (Å²) in [6, 6.07) is 7.22. The van der Waals surface area contributed by atoms with Crippen molar-refractivity contribution in [3.8, 4) is 5.75 Å². The zero-order valence-electron chi connectivity index (χ0n) is 22.9. The number of H-pyrrole nitrogens is 1. The molecule has 2 saturated carbocycles. The lowest BCUT2D eigenvalue weighted by Crippen LogP contribution is -2.45. The summed E-state index contributed by atoms with van der Waals surface area (Å²) in [4.78, 5) is 34.1. The van der Waals surface area contributed by atoms with E-state index >= 15 is 0 Å². The Labute approximate surface area is 245 Å². The summed E-state index contributed by atoms with van der Waals surface area (Å²) in [5.74, 6) is -0.510. The van der Waals surface area contributed by atoms with Crippen LogP contribution in [0, 0.1) is 0 Å². The predicted molar refractivity (Wildman–Crippen MR) is 151 cm³/mol. The highest BCUT2D eigenvalue weighted by Gasteiger charge is 2.84. The second kappa shape index (κ2) is 10.6. The summed E-state index contributed by atoms with van der Waals surface area (Å²) in [5.41, 5.74) is 3.45. The first-order chi connectivity index (χ1) is 19.9. The average Bonchev–Trinajstić information content (AvgIpc) is 3.19. The third-order valence-corrected chi connectivity index (χ3v) is 10.2. The Hall–Kier alpha value is -3.00. The topological polar surface area (TPSA) is 193 Å². The highest BCUT2D eigenvalue weighted by molar-refractivity contribution is 7.52. The first kappa shape index (κ1) is 29.1. The lowest BCUT2D eigenvalue weighted by atomic mass is 9.98. The minimum Gasteiger partial charge on any atom is -0.461 e. The molecule has 0 amide bonds. The molecular formula is C26H32ClN6O8P. The number of anilines is 1. The number of aliphatic hydroxyl groups is 1. The molecular weight excluding hydrogens is 591 g/mol. The number of hydrogen-bond donors (Lipinski definition) is 4. The van der Waals surface area contributed by atoms with Crippen LogP contribution >= 0.6 is 19.3 Å². The van der Waals surface area contributed by atoms with E-state index in [0.29, 0.717) is 0 Å². The molecule has 2 aromatic heterocycles. The van der Waals surface area contributed by atoms with Gasteiger partial charge in [0.15, 0.2) is 17.4 Å². The van der Waals surface area contributed by atoms with E-state index in [-0.39, 0.29) is 29.0 Å². The van der Waals surface area contributed by atoms with Crippen molar-refractivity contribution in [3.63, 3.8) is 0 Å². The number of fused-ring (bicyclic) bond motifs is 2. The lowest BCUT2D eigenvalue weighted by molar-refractivity contribution is -0.152. The van der Waals surface area contributed by atoms with Gasteiger partial charge in [-0.15, -0.1) is 11.6 Å². The molecule has 2 unspecified atom stereocenters. The summed E-state index contributed by atoms with van der Waals surface area (Å²) in [7, 11) is -4.33. The van der Waals surface area contributed by atoms with Crippen LogP contribution in [0.4, 0.5) is 5.95 Å². The SMILES string of the molecule is C[C@H](NP(=O)(Oc1ccccc1)OC1[C@H]2O[C@@H](n3cnc4c(=O)[nH]c(N)nc43)[C@](C)(Cl)[C@@]12O)C(=O)OC1CCCCC1. The van der Waals surface area contributed by atoms with Gasteiger partial charge >= 0.3 is 13.7 Å². The van der Waals surface area contributed by atoms with Crippen LogP contribution in [0.3, 0.4) is 0 Å². The van der Waals surface area contributed by atoms with Gasteiger partial charge in [-0.1, -0.05) is 24.6 Å². The summed E-state index contributed by atoms with van der Waals surface area (Å²) >= 11 is 6.91. The van der Waals surface area contributed by atoms with Gasteiger partial charge in [0.1, 0.15) is 40.6 Å². The highest BCUT2D eigenvalue weighted by atomic mass is 35.5. The van der Waals surface area contributed by atoms with E-state index in [4.69, 9.17) is 35.9 Å². The highest BCUT2D eigenvalue weighted by Crippen LogP contribution is 2.67. The largest absolute Gasteiger partial charge is 0.461 e. The number of alkyl halides is 1. The number of imidazole rings is 1. The molecule has 0 bridgehead atoms. The van der Waals surface area contributed by atoms with Crippen LogP contribution in [0.2, 0.25) is 0 Å². The number of carbonyl (C=O) groups excluding carboxylic acids is 1. The van der Waals surface area contributed by atoms with E-state index in [2.05, 4.69) is 20.0 Å². The number of nitrogen functional groups attached to an aromatic ring is 1. The number of hydrogen-bond acceptors (Lipinski definition) is 11. The van der Waals surface area contributed by atoms with E-state index in [0.717, 1.165) is 32.1 Å². The van der Waals surface area contributed by atoms with Gasteiger partial charge in [0.2, 0.25) is 5.95 Å². The number of benzene rings is 1. The molecule has 14 nitrogen and oxygen atoms in total. The van der Waals surface area contributed by atoms with Crippen LogP contribution < -0.4 is 20.9 Å². The normalized spacial score (nSPS) is 31.3. The van der Waals surface area contributed by atoms with Gasteiger partial charge < -0.3 is 24.8 Å². The maximum Gasteiger partial charge on any atom is 0.459 e. The van der Waals surface area contributed by atoms with E-state index in [1.54, 1.807) is 30.3 Å². The molecule has 3 fully saturated rings. The van der Waals surface area contributed by atoms with Crippen molar-refractivity contribution < 1.29 is 33.0 Å². The van der Waals surface area contributed by atoms with Gasteiger partial charge in [0.05, 0.1) is 6.33 Å². The standard InChI is InChI=1S/C26H32ClN6O8P/c1-14(22(35)38-15-9-5-3-6-10-15)32-42(37,40-16-11-7-4-8-12-16)41-19-18-26(19,36)25(2,27)23(39-18)33-13-29-17-20(33)30-24(28)31-21(17)34/h4,7-8,11-15,18-19,23,36H,3,5-6,9-10H2,1-2H3,(H,32,37)(H3,28,30,31,34)/t14-,18+,19?,23+,25-,26-,42?/m0/s1. The average molecular weight is 623 g/mol. The third-order valence-electron chi connectivity index (χ3n) is 8.02. The van der Waals surface area contributed by atoms with Gasteiger partial charge in [0, 0.05) is 0 Å². The number of nitrogens with two attached hydrogens (primary N) is 1. The second-order valence-electron chi connectivity index (χ2n) is 11.1. The van der Waals surface area contributed by atoms with E-state index in [1.165, 1.54) is 24.7 Å². The molecule has 5 N–H and O–H groups in total. The minimum absolute atomic E-state index is 0.0136. The maximum absolute atomic E-state index is 14.1. The quantitative estimate of drug-likeness (QED) is 0.155. The fourth-order valence-corrected chi connectivity index (χ4v) is 7.75. The van der Waals surface area contributed by atoms with Crippen LogP contribution in [-0.2, 0) is 23.4 Å². The van der Waals surface area contributed by atoms with Crippen LogP contribution in [0.1, 0.15) is 52.2 Å². The van der Waals surface area contributed by atoms with Crippen molar-refractivity contribution in [3.05, 3.63) is 47.0 Å². The monoisotopic (exact) mass is 622 g/mol. The van der Waals surface area contributed by atoms with E-state index < -0.39 is 54.2 Å². The molecule has 1 saturated heterocycles. The first-order valence-electron chi connectivity index (χ1n) is 13.7. The summed E-state index contributed by atoms with van der Waals surface area (Å²) < 4.78 is 38.9. The molecule has 42 heavy (non-hydrogen) atoms. The van der Waals surface area contributed by atoms with Gasteiger partial charge in [-0.2, -0.15) is 10.1 Å². The predicted octanol–water partition coefficient (Wildman–Crippen LogP) is 2.77. The summed E-state index contributed by atoms with van der Waals surface area (Å²) in [5, 5.41) is 14.3. The van der Waals surface area contributed by atoms with Crippen molar-refractivity contribution in [1.82, 2.24) is 24.6 Å². The molecule has 3 aliphatic rings. The number of nitrogens with zero attached hydrogens (tertiary/aromatic N) is 3. The number of nitrogens with one attached hydrogen (secondary N) is 2. The zero-order chi connectivity index (χ0) is 29.9. The number of halogens is 1. The molecule has 3 heterocycles. The lowest BCUT2D eigenvalue weighted by Gasteiger charge is -2.33. The summed E-state index contributed by atoms with van der Waals surface area (Å²) in [6.45, 7) is 3.02. The van der Waals surface area contributed by atoms with Crippen molar-refractivity contribution in [1.29, 1.82) is 0 Å². The van der Waals surface area contributed by atoms with Crippen LogP contribution in [0.15, 0.2) is 41.5 Å². The smallest absolute Gasteiger partial charge is 0.459 e. The number of aromatic nitrogens is 4. The minimum atomic E-state index is -4.33. The number of carbonyl (C=O) groups is 1. The summed E-state index contributed by atoms with van der Waals surface area (Å²) in [6.07, 6.45) is 2.45. The fourth-order valence-electron chi connectivity index (χ4n) is 5.67. The Morgan fingerprint density at radius 3 is 2.69 bits per heavy atom. The van der Waals surface area contributed by atoms with Crippen molar-refractivity contribution in [2.75, 3.05) is 5.73 Å². The number of esters is 1. The molecule has 1 aromatic carbocycles. The first-order valence-corrected chi connectivity index (χ1v) is 15.7. The van der Waals surface area contributed by atoms with E-state index in [1.807, 2.05) is 0 Å². The van der Waals surface area contributed by atoms with Crippen LogP contribution in [0.25, 0.3) is 11.2 Å². The Morgan fingerprint density at radius 2 is 2.02 bits per heavy atom. The molecule has 16 heteroatoms. The van der Waals surface area contributed by atoms with Crippen molar-refractivity contribution in [2.24, 2.45) is 0 Å². The molecule has 226 valence electrons.